The first kappa shape index (κ1) is 6.98. The van der Waals surface area contributed by atoms with Crippen molar-refractivity contribution in [2.24, 2.45) is 0 Å². The van der Waals surface area contributed by atoms with E-state index in [1.165, 1.54) is 6.08 Å². The van der Waals surface area contributed by atoms with Crippen LogP contribution in [0, 0.1) is 0 Å². The van der Waals surface area contributed by atoms with E-state index in [9.17, 15) is 8.42 Å². The first-order valence-corrected chi connectivity index (χ1v) is 4.01. The van der Waals surface area contributed by atoms with Gasteiger partial charge in [-0.3, -0.25) is 0 Å². The molecule has 0 rings (SSSR count). The molecule has 0 aromatic rings. The van der Waals surface area contributed by atoms with Crippen molar-refractivity contribution in [2.45, 2.75) is 6.92 Å². The lowest BCUT2D eigenvalue weighted by molar-refractivity contribution is 0.617. The van der Waals surface area contributed by atoms with Gasteiger partial charge in [-0.2, -0.15) is 0 Å². The summed E-state index contributed by atoms with van der Waals surface area (Å²) in [6.07, 6.45) is 1.36. The molecule has 0 heterocycles. The average Bonchev–Trinajstić information content (AvgIpc) is 1.30. The zero-order chi connectivity index (χ0) is 5.91. The standard InChI is InChI=1S/C3H5ClO2S/c1-2-3-7(4,5)6/h2-3H,1H3/b3-2+. The molecule has 0 aromatic carbocycles. The Morgan fingerprint density at radius 2 is 2.00 bits per heavy atom. The van der Waals surface area contributed by atoms with Gasteiger partial charge in [-0.05, 0) is 6.92 Å². The van der Waals surface area contributed by atoms with Gasteiger partial charge < -0.3 is 0 Å². The molecule has 0 N–H and O–H groups in total. The molecular formula is C3H5ClO2S. The predicted molar refractivity (Wildman–Crippen MR) is 29.6 cm³/mol. The average molecular weight is 141 g/mol. The molecule has 0 saturated carbocycles. The quantitative estimate of drug-likeness (QED) is 0.511. The molecule has 0 fully saturated rings. The summed E-state index contributed by atoms with van der Waals surface area (Å²) >= 11 is 0. The lowest BCUT2D eigenvalue weighted by Crippen LogP contribution is -1.76. The van der Waals surface area contributed by atoms with Crippen LogP contribution in [0.4, 0.5) is 0 Å². The Labute approximate surface area is 47.2 Å². The molecule has 2 nitrogen and oxygen atoms in total. The second-order valence-corrected chi connectivity index (χ2v) is 3.46. The maximum absolute atomic E-state index is 9.91. The summed E-state index contributed by atoms with van der Waals surface area (Å²) in [5.74, 6) is 0. The highest BCUT2D eigenvalue weighted by Gasteiger charge is 1.91. The normalized spacial score (nSPS) is 12.9. The summed E-state index contributed by atoms with van der Waals surface area (Å²) in [5, 5.41) is 0.925. The van der Waals surface area contributed by atoms with E-state index in [4.69, 9.17) is 10.7 Å². The fourth-order valence-corrected chi connectivity index (χ4v) is 0.796. The lowest BCUT2D eigenvalue weighted by Gasteiger charge is -1.73. The van der Waals surface area contributed by atoms with Crippen LogP contribution in [0.3, 0.4) is 0 Å². The van der Waals surface area contributed by atoms with Crippen LogP contribution in [-0.2, 0) is 9.05 Å². The van der Waals surface area contributed by atoms with Gasteiger partial charge in [0.1, 0.15) is 0 Å². The third-order valence-corrected chi connectivity index (χ3v) is 1.20. The van der Waals surface area contributed by atoms with Crippen molar-refractivity contribution >= 4 is 19.7 Å². The first-order chi connectivity index (χ1) is 3.06. The van der Waals surface area contributed by atoms with Crippen LogP contribution in [-0.4, -0.2) is 8.42 Å². The van der Waals surface area contributed by atoms with Crippen LogP contribution in [0.5, 0.6) is 0 Å². The van der Waals surface area contributed by atoms with Crippen LogP contribution in [0.2, 0.25) is 0 Å². The molecule has 0 atom stereocenters. The summed E-state index contributed by atoms with van der Waals surface area (Å²) in [6, 6.07) is 0. The summed E-state index contributed by atoms with van der Waals surface area (Å²) < 4.78 is 19.8. The summed E-state index contributed by atoms with van der Waals surface area (Å²) in [4.78, 5) is 0. The molecule has 0 aliphatic carbocycles. The number of rotatable bonds is 1. The maximum atomic E-state index is 9.91. The van der Waals surface area contributed by atoms with Crippen molar-refractivity contribution < 1.29 is 8.42 Å². The Hall–Kier alpha value is -0.0200. The Morgan fingerprint density at radius 3 is 2.00 bits per heavy atom. The van der Waals surface area contributed by atoms with Crippen molar-refractivity contribution in [1.29, 1.82) is 0 Å². The molecule has 0 radical (unpaired) electrons. The molecule has 0 bridgehead atoms. The van der Waals surface area contributed by atoms with Gasteiger partial charge in [0, 0.05) is 16.1 Å². The molecule has 0 spiro atoms. The molecule has 0 aromatic heterocycles. The Balaban J connectivity index is 4.13. The van der Waals surface area contributed by atoms with E-state index < -0.39 is 9.05 Å². The van der Waals surface area contributed by atoms with Crippen molar-refractivity contribution in [1.82, 2.24) is 0 Å². The minimum Gasteiger partial charge on any atom is -0.208 e. The van der Waals surface area contributed by atoms with Gasteiger partial charge in [0.15, 0.2) is 0 Å². The number of allylic oxidation sites excluding steroid dienone is 1. The Kier molecular flexibility index (Phi) is 2.32. The second kappa shape index (κ2) is 2.33. The molecule has 0 aliphatic heterocycles. The molecular weight excluding hydrogens is 136 g/mol. The van der Waals surface area contributed by atoms with E-state index in [1.807, 2.05) is 0 Å². The fourth-order valence-electron chi connectivity index (χ4n) is 0.163. The van der Waals surface area contributed by atoms with Crippen LogP contribution in [0.1, 0.15) is 6.92 Å². The predicted octanol–water partition coefficient (Wildman–Crippen LogP) is 1.09. The van der Waals surface area contributed by atoms with Gasteiger partial charge in [-0.25, -0.2) is 8.42 Å². The molecule has 42 valence electrons. The monoisotopic (exact) mass is 140 g/mol. The minimum atomic E-state index is -3.38. The van der Waals surface area contributed by atoms with Gasteiger partial charge in [0.05, 0.1) is 0 Å². The Morgan fingerprint density at radius 1 is 1.57 bits per heavy atom. The van der Waals surface area contributed by atoms with E-state index in [1.54, 1.807) is 6.92 Å². The van der Waals surface area contributed by atoms with E-state index in [2.05, 4.69) is 0 Å². The summed E-state index contributed by atoms with van der Waals surface area (Å²) in [7, 11) is 1.34. The van der Waals surface area contributed by atoms with Crippen LogP contribution in [0.15, 0.2) is 11.5 Å². The largest absolute Gasteiger partial charge is 0.254 e. The molecule has 7 heavy (non-hydrogen) atoms. The first-order valence-electron chi connectivity index (χ1n) is 1.63. The SMILES string of the molecule is C/C=C/S(=O)(=O)Cl. The van der Waals surface area contributed by atoms with Crippen molar-refractivity contribution in [3.05, 3.63) is 11.5 Å². The van der Waals surface area contributed by atoms with E-state index >= 15 is 0 Å². The van der Waals surface area contributed by atoms with E-state index in [0.29, 0.717) is 0 Å². The zero-order valence-corrected chi connectivity index (χ0v) is 5.33. The molecule has 0 aliphatic rings. The minimum absolute atomic E-state index is 0.925. The van der Waals surface area contributed by atoms with Gasteiger partial charge in [-0.1, -0.05) is 6.08 Å². The lowest BCUT2D eigenvalue weighted by atomic mass is 10.8. The molecule has 0 saturated heterocycles. The highest BCUT2D eigenvalue weighted by atomic mass is 35.7. The van der Waals surface area contributed by atoms with Gasteiger partial charge in [0.25, 0.3) is 9.05 Å². The van der Waals surface area contributed by atoms with Crippen LogP contribution in [0.25, 0.3) is 0 Å². The topological polar surface area (TPSA) is 34.1 Å². The van der Waals surface area contributed by atoms with Crippen LogP contribution < -0.4 is 0 Å². The molecule has 0 unspecified atom stereocenters. The fraction of sp³-hybridized carbons (Fsp3) is 0.333. The van der Waals surface area contributed by atoms with Gasteiger partial charge in [0.2, 0.25) is 0 Å². The highest BCUT2D eigenvalue weighted by Crippen LogP contribution is 1.95. The van der Waals surface area contributed by atoms with Gasteiger partial charge >= 0.3 is 0 Å². The van der Waals surface area contributed by atoms with E-state index in [0.717, 1.165) is 5.41 Å². The van der Waals surface area contributed by atoms with Crippen molar-refractivity contribution in [3.8, 4) is 0 Å². The molecule has 4 heteroatoms. The van der Waals surface area contributed by atoms with E-state index in [-0.39, 0.29) is 0 Å². The van der Waals surface area contributed by atoms with Crippen molar-refractivity contribution in [3.63, 3.8) is 0 Å². The van der Waals surface area contributed by atoms with Crippen molar-refractivity contribution in [2.75, 3.05) is 0 Å². The maximum Gasteiger partial charge on any atom is 0.254 e. The highest BCUT2D eigenvalue weighted by molar-refractivity contribution is 8.16. The zero-order valence-electron chi connectivity index (χ0n) is 3.76. The summed E-state index contributed by atoms with van der Waals surface area (Å²) in [5.41, 5.74) is 0. The smallest absolute Gasteiger partial charge is 0.208 e. The Bertz CT molecular complexity index is 156. The third kappa shape index (κ3) is 5.98. The van der Waals surface area contributed by atoms with Gasteiger partial charge in [-0.15, -0.1) is 0 Å². The molecule has 0 amide bonds. The number of hydrogen-bond donors (Lipinski definition) is 0. The summed E-state index contributed by atoms with van der Waals surface area (Å²) in [6.45, 7) is 1.58. The second-order valence-electron chi connectivity index (χ2n) is 0.945. The third-order valence-electron chi connectivity index (χ3n) is 0.299. The van der Waals surface area contributed by atoms with Crippen LogP contribution >= 0.6 is 10.7 Å². The number of hydrogen-bond acceptors (Lipinski definition) is 2. The number of halogens is 1.